The van der Waals surface area contributed by atoms with Crippen LogP contribution in [0.1, 0.15) is 37.2 Å². The molecule has 1 atom stereocenters. The molecule has 1 aromatic carbocycles. The van der Waals surface area contributed by atoms with Crippen molar-refractivity contribution in [3.05, 3.63) is 29.8 Å². The lowest BCUT2D eigenvalue weighted by Crippen LogP contribution is -2.47. The SMILES string of the molecule is O=C1CC[C@H](Nc2ccc(C3CCNCC3)cc2)C(=O)N1. The maximum Gasteiger partial charge on any atom is 0.249 e. The van der Waals surface area contributed by atoms with Gasteiger partial charge in [0.15, 0.2) is 0 Å². The number of hydrogen-bond donors (Lipinski definition) is 3. The van der Waals surface area contributed by atoms with Crippen molar-refractivity contribution < 1.29 is 9.59 Å². The van der Waals surface area contributed by atoms with Crippen molar-refractivity contribution in [1.82, 2.24) is 10.6 Å². The Hall–Kier alpha value is -1.88. The van der Waals surface area contributed by atoms with Gasteiger partial charge in [0.2, 0.25) is 11.8 Å². The van der Waals surface area contributed by atoms with E-state index < -0.39 is 0 Å². The summed E-state index contributed by atoms with van der Waals surface area (Å²) < 4.78 is 0. The van der Waals surface area contributed by atoms with Gasteiger partial charge in [-0.05, 0) is 56.0 Å². The number of imide groups is 1. The van der Waals surface area contributed by atoms with Crippen LogP contribution in [0.2, 0.25) is 0 Å². The first-order valence-corrected chi connectivity index (χ1v) is 7.63. The van der Waals surface area contributed by atoms with Gasteiger partial charge in [-0.25, -0.2) is 0 Å². The van der Waals surface area contributed by atoms with Crippen LogP contribution < -0.4 is 16.0 Å². The highest BCUT2D eigenvalue weighted by atomic mass is 16.2. The normalized spacial score (nSPS) is 23.7. The minimum atomic E-state index is -0.313. The molecule has 0 spiro atoms. The molecule has 0 saturated carbocycles. The molecule has 0 aliphatic carbocycles. The fourth-order valence-electron chi connectivity index (χ4n) is 3.04. The standard InChI is InChI=1S/C16H21N3O2/c20-15-6-5-14(16(21)19-15)18-13-3-1-11(2-4-13)12-7-9-17-10-8-12/h1-4,12,14,17-18H,5-10H2,(H,19,20,21)/t14-/m0/s1. The van der Waals surface area contributed by atoms with Crippen molar-refractivity contribution in [2.75, 3.05) is 18.4 Å². The highest BCUT2D eigenvalue weighted by molar-refractivity contribution is 6.01. The lowest BCUT2D eigenvalue weighted by atomic mass is 9.90. The lowest BCUT2D eigenvalue weighted by Gasteiger charge is -2.24. The molecule has 2 amide bonds. The second-order valence-corrected chi connectivity index (χ2v) is 5.79. The summed E-state index contributed by atoms with van der Waals surface area (Å²) in [5.41, 5.74) is 2.30. The molecular weight excluding hydrogens is 266 g/mol. The number of carbonyl (C=O) groups is 2. The molecule has 0 radical (unpaired) electrons. The summed E-state index contributed by atoms with van der Waals surface area (Å²) in [5.74, 6) is 0.226. The van der Waals surface area contributed by atoms with Crippen molar-refractivity contribution in [3.8, 4) is 0 Å². The van der Waals surface area contributed by atoms with E-state index in [9.17, 15) is 9.59 Å². The smallest absolute Gasteiger partial charge is 0.249 e. The summed E-state index contributed by atoms with van der Waals surface area (Å²) in [4.78, 5) is 22.8. The molecule has 2 aliphatic heterocycles. The average molecular weight is 287 g/mol. The molecule has 5 nitrogen and oxygen atoms in total. The van der Waals surface area contributed by atoms with Crippen LogP contribution >= 0.6 is 0 Å². The number of nitrogens with one attached hydrogen (secondary N) is 3. The first-order valence-electron chi connectivity index (χ1n) is 7.63. The summed E-state index contributed by atoms with van der Waals surface area (Å²) in [6.07, 6.45) is 3.32. The molecule has 1 aromatic rings. The zero-order chi connectivity index (χ0) is 14.7. The minimum Gasteiger partial charge on any atom is -0.374 e. The van der Waals surface area contributed by atoms with E-state index in [1.165, 1.54) is 18.4 Å². The number of anilines is 1. The van der Waals surface area contributed by atoms with Crippen molar-refractivity contribution in [2.24, 2.45) is 0 Å². The van der Waals surface area contributed by atoms with E-state index in [1.807, 2.05) is 12.1 Å². The second-order valence-electron chi connectivity index (χ2n) is 5.79. The van der Waals surface area contributed by atoms with E-state index in [1.54, 1.807) is 0 Å². The maximum absolute atomic E-state index is 11.7. The van der Waals surface area contributed by atoms with Crippen LogP contribution in [0.5, 0.6) is 0 Å². The number of carbonyl (C=O) groups excluding carboxylic acids is 2. The van der Waals surface area contributed by atoms with Gasteiger partial charge in [0.1, 0.15) is 6.04 Å². The highest BCUT2D eigenvalue weighted by Gasteiger charge is 2.26. The Morgan fingerprint density at radius 2 is 1.71 bits per heavy atom. The number of rotatable bonds is 3. The number of piperidine rings is 2. The fourth-order valence-corrected chi connectivity index (χ4v) is 3.04. The molecule has 112 valence electrons. The van der Waals surface area contributed by atoms with Gasteiger partial charge in [0.05, 0.1) is 0 Å². The van der Waals surface area contributed by atoms with Crippen LogP contribution in [-0.4, -0.2) is 30.9 Å². The predicted octanol–water partition coefficient (Wildman–Crippen LogP) is 1.37. The van der Waals surface area contributed by atoms with Gasteiger partial charge < -0.3 is 10.6 Å². The Kier molecular flexibility index (Phi) is 4.20. The van der Waals surface area contributed by atoms with Gasteiger partial charge in [-0.2, -0.15) is 0 Å². The fraction of sp³-hybridized carbons (Fsp3) is 0.500. The second kappa shape index (κ2) is 6.26. The third-order valence-electron chi connectivity index (χ3n) is 4.30. The molecule has 2 aliphatic rings. The monoisotopic (exact) mass is 287 g/mol. The maximum atomic E-state index is 11.7. The van der Waals surface area contributed by atoms with Crippen LogP contribution in [-0.2, 0) is 9.59 Å². The van der Waals surface area contributed by atoms with E-state index in [4.69, 9.17) is 0 Å². The van der Waals surface area contributed by atoms with Crippen LogP contribution in [0.15, 0.2) is 24.3 Å². The van der Waals surface area contributed by atoms with E-state index in [0.29, 0.717) is 18.8 Å². The van der Waals surface area contributed by atoms with E-state index in [0.717, 1.165) is 18.8 Å². The molecule has 0 aromatic heterocycles. The summed E-state index contributed by atoms with van der Waals surface area (Å²) >= 11 is 0. The third-order valence-corrected chi connectivity index (χ3v) is 4.30. The van der Waals surface area contributed by atoms with Crippen molar-refractivity contribution >= 4 is 17.5 Å². The molecule has 2 fully saturated rings. The van der Waals surface area contributed by atoms with Crippen LogP contribution in [0.25, 0.3) is 0 Å². The lowest BCUT2D eigenvalue weighted by molar-refractivity contribution is -0.133. The van der Waals surface area contributed by atoms with Gasteiger partial charge in [0, 0.05) is 12.1 Å². The van der Waals surface area contributed by atoms with Gasteiger partial charge in [-0.1, -0.05) is 12.1 Å². The number of hydrogen-bond acceptors (Lipinski definition) is 4. The molecular formula is C16H21N3O2. The first-order chi connectivity index (χ1) is 10.2. The van der Waals surface area contributed by atoms with Crippen LogP contribution in [0, 0.1) is 0 Å². The number of benzene rings is 1. The van der Waals surface area contributed by atoms with Crippen LogP contribution in [0.3, 0.4) is 0 Å². The molecule has 0 unspecified atom stereocenters. The molecule has 2 heterocycles. The van der Waals surface area contributed by atoms with Gasteiger partial charge in [-0.3, -0.25) is 14.9 Å². The molecule has 3 rings (SSSR count). The third kappa shape index (κ3) is 3.42. The van der Waals surface area contributed by atoms with Gasteiger partial charge in [-0.15, -0.1) is 0 Å². The van der Waals surface area contributed by atoms with Crippen molar-refractivity contribution in [3.63, 3.8) is 0 Å². The number of amides is 2. The first kappa shape index (κ1) is 14.1. The predicted molar refractivity (Wildman–Crippen MR) is 81.1 cm³/mol. The molecule has 5 heteroatoms. The zero-order valence-electron chi connectivity index (χ0n) is 12.0. The van der Waals surface area contributed by atoms with Crippen molar-refractivity contribution in [1.29, 1.82) is 0 Å². The minimum absolute atomic E-state index is 0.181. The Bertz CT molecular complexity index is 521. The average Bonchev–Trinajstić information content (AvgIpc) is 2.52. The van der Waals surface area contributed by atoms with Crippen LogP contribution in [0.4, 0.5) is 5.69 Å². The Morgan fingerprint density at radius 3 is 2.38 bits per heavy atom. The largest absolute Gasteiger partial charge is 0.374 e. The van der Waals surface area contributed by atoms with Crippen molar-refractivity contribution in [2.45, 2.75) is 37.6 Å². The van der Waals surface area contributed by atoms with Gasteiger partial charge in [0.25, 0.3) is 0 Å². The summed E-state index contributed by atoms with van der Waals surface area (Å²) in [6, 6.07) is 8.03. The molecule has 2 saturated heterocycles. The summed E-state index contributed by atoms with van der Waals surface area (Å²) in [5, 5.41) is 8.94. The quantitative estimate of drug-likeness (QED) is 0.734. The Balaban J connectivity index is 1.61. The Morgan fingerprint density at radius 1 is 1.00 bits per heavy atom. The molecule has 0 bridgehead atoms. The van der Waals surface area contributed by atoms with E-state index >= 15 is 0 Å². The van der Waals surface area contributed by atoms with E-state index in [-0.39, 0.29) is 17.9 Å². The highest BCUT2D eigenvalue weighted by Crippen LogP contribution is 2.26. The summed E-state index contributed by atoms with van der Waals surface area (Å²) in [6.45, 7) is 2.17. The van der Waals surface area contributed by atoms with Gasteiger partial charge >= 0.3 is 0 Å². The summed E-state index contributed by atoms with van der Waals surface area (Å²) in [7, 11) is 0. The Labute approximate surface area is 124 Å². The molecule has 21 heavy (non-hydrogen) atoms. The zero-order valence-corrected chi connectivity index (χ0v) is 12.0. The topological polar surface area (TPSA) is 70.2 Å². The van der Waals surface area contributed by atoms with E-state index in [2.05, 4.69) is 28.1 Å². The molecule has 3 N–H and O–H groups in total.